The van der Waals surface area contributed by atoms with Crippen LogP contribution in [0, 0.1) is 5.92 Å². The topological polar surface area (TPSA) is 94.3 Å². The number of H-pyrrole nitrogens is 1. The van der Waals surface area contributed by atoms with Gasteiger partial charge in [-0.1, -0.05) is 87.4 Å². The second-order valence-electron chi connectivity index (χ2n) is 9.63. The number of tetrazole rings is 1. The number of aromatic amines is 1. The van der Waals surface area contributed by atoms with Crippen LogP contribution in [0.5, 0.6) is 0 Å². The van der Waals surface area contributed by atoms with E-state index in [2.05, 4.69) is 27.5 Å². The van der Waals surface area contributed by atoms with Crippen LogP contribution in [-0.2, 0) is 19.5 Å². The minimum atomic E-state index is -0.0224. The fourth-order valence-corrected chi connectivity index (χ4v) is 5.62. The van der Waals surface area contributed by atoms with Crippen molar-refractivity contribution in [2.45, 2.75) is 71.4 Å². The first kappa shape index (κ1) is 24.4. The Hall–Kier alpha value is -3.26. The number of benzene rings is 1. The summed E-state index contributed by atoms with van der Waals surface area (Å²) in [7, 11) is 0. The molecule has 0 atom stereocenters. The molecule has 1 aliphatic rings. The number of nitrogens with one attached hydrogen (secondary N) is 1. The molecule has 0 saturated heterocycles. The molecule has 3 heterocycles. The summed E-state index contributed by atoms with van der Waals surface area (Å²) >= 11 is 6.78. The molecule has 8 nitrogen and oxygen atoms in total. The van der Waals surface area contributed by atoms with Gasteiger partial charge in [-0.05, 0) is 35.6 Å². The number of hydrogen-bond acceptors (Lipinski definition) is 5. The maximum absolute atomic E-state index is 13.4. The molecule has 1 N–H and O–H groups in total. The third-order valence-electron chi connectivity index (χ3n) is 7.19. The van der Waals surface area contributed by atoms with Crippen LogP contribution in [0.1, 0.15) is 63.1 Å². The van der Waals surface area contributed by atoms with E-state index in [0.717, 1.165) is 47.3 Å². The van der Waals surface area contributed by atoms with Crippen LogP contribution in [0.3, 0.4) is 0 Å². The Morgan fingerprint density at radius 1 is 1.06 bits per heavy atom. The van der Waals surface area contributed by atoms with Gasteiger partial charge in [-0.2, -0.15) is 5.21 Å². The maximum atomic E-state index is 13.4. The van der Waals surface area contributed by atoms with Crippen molar-refractivity contribution < 1.29 is 0 Å². The minimum Gasteiger partial charge on any atom is -0.290 e. The molecule has 0 unspecified atom stereocenters. The Labute approximate surface area is 215 Å². The molecule has 1 saturated carbocycles. The minimum absolute atomic E-state index is 0.0224. The van der Waals surface area contributed by atoms with Gasteiger partial charge in [0.15, 0.2) is 0 Å². The number of imidazole rings is 1. The second kappa shape index (κ2) is 11.2. The molecule has 9 heteroatoms. The summed E-state index contributed by atoms with van der Waals surface area (Å²) in [5.74, 6) is 1.23. The first-order valence-corrected chi connectivity index (χ1v) is 13.3. The monoisotopic (exact) mass is 505 g/mol. The first-order valence-electron chi connectivity index (χ1n) is 12.9. The van der Waals surface area contributed by atoms with Crippen molar-refractivity contribution in [3.8, 4) is 22.6 Å². The van der Waals surface area contributed by atoms with Gasteiger partial charge in [0.05, 0.1) is 17.9 Å². The summed E-state index contributed by atoms with van der Waals surface area (Å²) in [4.78, 5) is 18.1. The van der Waals surface area contributed by atoms with Gasteiger partial charge in [0, 0.05) is 23.9 Å². The van der Waals surface area contributed by atoms with Crippen LogP contribution in [0.15, 0.2) is 47.4 Å². The van der Waals surface area contributed by atoms with E-state index in [1.54, 1.807) is 4.57 Å². The Morgan fingerprint density at radius 2 is 1.86 bits per heavy atom. The predicted octanol–water partition coefficient (Wildman–Crippen LogP) is 5.52. The molecule has 0 aliphatic heterocycles. The van der Waals surface area contributed by atoms with Gasteiger partial charge >= 0.3 is 5.69 Å². The number of hydrogen-bond donors (Lipinski definition) is 1. The molecule has 1 fully saturated rings. The van der Waals surface area contributed by atoms with Gasteiger partial charge in [-0.3, -0.25) is 14.1 Å². The van der Waals surface area contributed by atoms with Crippen LogP contribution in [0.4, 0.5) is 0 Å². The third-order valence-corrected chi connectivity index (χ3v) is 7.61. The zero-order valence-corrected chi connectivity index (χ0v) is 21.4. The van der Waals surface area contributed by atoms with Crippen molar-refractivity contribution in [2.75, 3.05) is 0 Å². The molecule has 5 rings (SSSR count). The van der Waals surface area contributed by atoms with E-state index < -0.39 is 0 Å². The maximum Gasteiger partial charge on any atom is 0.329 e. The summed E-state index contributed by atoms with van der Waals surface area (Å²) < 4.78 is 3.61. The summed E-state index contributed by atoms with van der Waals surface area (Å²) in [6.07, 6.45) is 11.0. The second-order valence-corrected chi connectivity index (χ2v) is 9.99. The Balaban J connectivity index is 1.38. The molecule has 36 heavy (non-hydrogen) atoms. The van der Waals surface area contributed by atoms with Gasteiger partial charge in [0.2, 0.25) is 5.82 Å². The van der Waals surface area contributed by atoms with Crippen molar-refractivity contribution in [1.82, 2.24) is 34.7 Å². The Kier molecular flexibility index (Phi) is 7.60. The molecule has 1 aliphatic carbocycles. The molecule has 188 valence electrons. The lowest BCUT2D eigenvalue weighted by Crippen LogP contribution is -2.26. The van der Waals surface area contributed by atoms with Gasteiger partial charge < -0.3 is 0 Å². The highest BCUT2D eigenvalue weighted by Gasteiger charge is 2.20. The number of aromatic nitrogens is 7. The molecule has 4 aromatic rings. The largest absolute Gasteiger partial charge is 0.329 e. The number of rotatable bonds is 9. The smallest absolute Gasteiger partial charge is 0.290 e. The molecule has 0 spiro atoms. The molecule has 0 radical (unpaired) electrons. The molecule has 0 bridgehead atoms. The summed E-state index contributed by atoms with van der Waals surface area (Å²) in [6, 6.07) is 11.8. The summed E-state index contributed by atoms with van der Waals surface area (Å²) in [6.45, 7) is 3.25. The van der Waals surface area contributed by atoms with Crippen molar-refractivity contribution in [1.29, 1.82) is 0 Å². The number of nitrogens with zero attached hydrogens (tertiary/aromatic N) is 6. The molecule has 0 amide bonds. The Bertz CT molecular complexity index is 1340. The van der Waals surface area contributed by atoms with Crippen LogP contribution >= 0.6 is 11.6 Å². The fraction of sp³-hybridized carbons (Fsp3) is 0.444. The van der Waals surface area contributed by atoms with E-state index >= 15 is 0 Å². The van der Waals surface area contributed by atoms with Crippen LogP contribution in [-0.4, -0.2) is 34.7 Å². The number of halogens is 1. The van der Waals surface area contributed by atoms with Crippen molar-refractivity contribution in [3.05, 3.63) is 69.5 Å². The number of pyridine rings is 1. The van der Waals surface area contributed by atoms with Crippen molar-refractivity contribution in [3.63, 3.8) is 0 Å². The standard InChI is InChI=1S/C27H32ClN7O/c1-2-8-24-25(28)34(16-15-19-9-4-3-5-10-19)27(36)35(24)18-20-13-14-23(29-17-20)21-11-6-7-12-22(21)26-30-32-33-31-26/h6-7,11-14,17,19H,2-5,8-10,15-16,18H2,1H3,(H,30,31,32,33). The van der Waals surface area contributed by atoms with Gasteiger partial charge in [0.1, 0.15) is 5.15 Å². The lowest BCUT2D eigenvalue weighted by Gasteiger charge is -2.21. The molecule has 1 aromatic carbocycles. The van der Waals surface area contributed by atoms with E-state index in [4.69, 9.17) is 16.6 Å². The van der Waals surface area contributed by atoms with Crippen LogP contribution in [0.2, 0.25) is 5.15 Å². The molecular formula is C27H32ClN7O. The highest BCUT2D eigenvalue weighted by molar-refractivity contribution is 6.30. The normalized spacial score (nSPS) is 14.4. The highest BCUT2D eigenvalue weighted by atomic mass is 35.5. The summed E-state index contributed by atoms with van der Waals surface area (Å²) in [5, 5.41) is 15.0. The quantitative estimate of drug-likeness (QED) is 0.323. The lowest BCUT2D eigenvalue weighted by atomic mass is 9.87. The summed E-state index contributed by atoms with van der Waals surface area (Å²) in [5.41, 5.74) is 4.44. The van der Waals surface area contributed by atoms with E-state index in [1.807, 2.05) is 47.2 Å². The van der Waals surface area contributed by atoms with Crippen LogP contribution < -0.4 is 5.69 Å². The van der Waals surface area contributed by atoms with E-state index in [0.29, 0.717) is 30.0 Å². The average molecular weight is 506 g/mol. The zero-order valence-electron chi connectivity index (χ0n) is 20.7. The Morgan fingerprint density at radius 3 is 2.56 bits per heavy atom. The van der Waals surface area contributed by atoms with E-state index in [-0.39, 0.29) is 5.69 Å². The van der Waals surface area contributed by atoms with Crippen molar-refractivity contribution >= 4 is 11.6 Å². The van der Waals surface area contributed by atoms with Gasteiger partial charge in [0.25, 0.3) is 0 Å². The van der Waals surface area contributed by atoms with Gasteiger partial charge in [-0.25, -0.2) is 4.79 Å². The third kappa shape index (κ3) is 5.14. The molecular weight excluding hydrogens is 474 g/mol. The van der Waals surface area contributed by atoms with E-state index in [1.165, 1.54) is 32.1 Å². The fourth-order valence-electron chi connectivity index (χ4n) is 5.27. The van der Waals surface area contributed by atoms with Crippen LogP contribution in [0.25, 0.3) is 22.6 Å². The molecule has 3 aromatic heterocycles. The average Bonchev–Trinajstić information content (AvgIpc) is 3.53. The van der Waals surface area contributed by atoms with Gasteiger partial charge in [-0.15, -0.1) is 10.2 Å². The zero-order chi connectivity index (χ0) is 24.9. The lowest BCUT2D eigenvalue weighted by molar-refractivity contribution is 0.322. The predicted molar refractivity (Wildman–Crippen MR) is 141 cm³/mol. The highest BCUT2D eigenvalue weighted by Crippen LogP contribution is 2.29. The van der Waals surface area contributed by atoms with E-state index in [9.17, 15) is 4.79 Å². The SMILES string of the molecule is CCCc1c(Cl)n(CCC2CCCCC2)c(=O)n1Cc1ccc(-c2ccccc2-c2nn[nH]n2)nc1. The van der Waals surface area contributed by atoms with Crippen molar-refractivity contribution in [2.24, 2.45) is 5.92 Å². The first-order chi connectivity index (χ1) is 17.7.